The number of carbonyl (C=O) groups excluding carboxylic acids is 1. The molecule has 0 aromatic rings. The van der Waals surface area contributed by atoms with Gasteiger partial charge in [0.25, 0.3) is 0 Å². The molecule has 0 saturated carbocycles. The highest BCUT2D eigenvalue weighted by Crippen LogP contribution is 1.81. The average Bonchev–Trinajstić information content (AvgIpc) is 2.26. The summed E-state index contributed by atoms with van der Waals surface area (Å²) in [6.45, 7) is 2.18. The molecule has 0 aliphatic rings. The smallest absolute Gasteiger partial charge is 0.245 e. The van der Waals surface area contributed by atoms with Crippen molar-refractivity contribution in [3.05, 3.63) is 0 Å². The highest BCUT2D eigenvalue weighted by Gasteiger charge is 1.96. The third kappa shape index (κ3) is 11.2. The Balaban J connectivity index is 2.95. The normalized spacial score (nSPS) is 10.3. The number of rotatable bonds is 10. The van der Waals surface area contributed by atoms with Crippen LogP contribution in [0.25, 0.3) is 0 Å². The maximum atomic E-state index is 10.7. The van der Waals surface area contributed by atoms with Crippen molar-refractivity contribution in [1.82, 2.24) is 5.32 Å². The van der Waals surface area contributed by atoms with Crippen LogP contribution in [0.1, 0.15) is 0 Å². The minimum absolute atomic E-state index is 0.0149. The minimum Gasteiger partial charge on any atom is -0.382 e. The molecule has 0 spiro atoms. The first-order valence-electron chi connectivity index (χ1n) is 4.74. The zero-order valence-electron chi connectivity index (χ0n) is 9.28. The Hall–Kier alpha value is -0.690. The molecule has 0 unspecified atom stereocenters. The zero-order chi connectivity index (χ0) is 11.4. The summed E-state index contributed by atoms with van der Waals surface area (Å²) in [5.41, 5.74) is 0. The maximum absolute atomic E-state index is 10.7. The van der Waals surface area contributed by atoms with Gasteiger partial charge >= 0.3 is 0 Å². The van der Waals surface area contributed by atoms with Crippen LogP contribution in [-0.4, -0.2) is 59.9 Å². The van der Waals surface area contributed by atoms with Crippen molar-refractivity contribution in [3.63, 3.8) is 0 Å². The van der Waals surface area contributed by atoms with Crippen molar-refractivity contribution < 1.29 is 23.7 Å². The van der Waals surface area contributed by atoms with Crippen LogP contribution < -0.4 is 5.32 Å². The Labute approximate surface area is 89.8 Å². The molecule has 1 N–H and O–H groups in total. The Morgan fingerprint density at radius 1 is 1.07 bits per heavy atom. The van der Waals surface area contributed by atoms with Crippen LogP contribution in [0.5, 0.6) is 0 Å². The summed E-state index contributed by atoms with van der Waals surface area (Å²) in [4.78, 5) is 10.7. The maximum Gasteiger partial charge on any atom is 0.245 e. The predicted octanol–water partition coefficient (Wildman–Crippen LogP) is -0.614. The molecule has 0 saturated heterocycles. The lowest BCUT2D eigenvalue weighted by Gasteiger charge is -2.05. The first kappa shape index (κ1) is 14.3. The molecule has 6 nitrogen and oxygen atoms in total. The lowest BCUT2D eigenvalue weighted by Crippen LogP contribution is -2.24. The van der Waals surface area contributed by atoms with Gasteiger partial charge in [-0.05, 0) is 0 Å². The predicted molar refractivity (Wildman–Crippen MR) is 53.5 cm³/mol. The number of carbonyl (C=O) groups is 1. The zero-order valence-corrected chi connectivity index (χ0v) is 9.28. The molecule has 6 heteroatoms. The van der Waals surface area contributed by atoms with E-state index in [0.717, 1.165) is 0 Å². The summed E-state index contributed by atoms with van der Waals surface area (Å²) in [5.74, 6) is -0.171. The molecule has 0 aromatic heterocycles. The van der Waals surface area contributed by atoms with Gasteiger partial charge < -0.3 is 24.3 Å². The van der Waals surface area contributed by atoms with Gasteiger partial charge in [-0.25, -0.2) is 0 Å². The lowest BCUT2D eigenvalue weighted by atomic mass is 10.7. The van der Waals surface area contributed by atoms with Crippen LogP contribution in [0, 0.1) is 0 Å². The van der Waals surface area contributed by atoms with Gasteiger partial charge in [0.05, 0.1) is 26.4 Å². The van der Waals surface area contributed by atoms with E-state index in [4.69, 9.17) is 18.9 Å². The molecule has 90 valence electrons. The van der Waals surface area contributed by atoms with Gasteiger partial charge in [-0.1, -0.05) is 0 Å². The second kappa shape index (κ2) is 11.4. The van der Waals surface area contributed by atoms with Crippen molar-refractivity contribution in [1.29, 1.82) is 0 Å². The third-order valence-electron chi connectivity index (χ3n) is 1.48. The highest BCUT2D eigenvalue weighted by atomic mass is 16.7. The van der Waals surface area contributed by atoms with Crippen LogP contribution in [0.15, 0.2) is 0 Å². The number of hydrogen-bond acceptors (Lipinski definition) is 5. The topological polar surface area (TPSA) is 66.0 Å². The van der Waals surface area contributed by atoms with Crippen molar-refractivity contribution in [3.8, 4) is 0 Å². The Morgan fingerprint density at radius 2 is 1.73 bits per heavy atom. The van der Waals surface area contributed by atoms with E-state index in [1.54, 1.807) is 14.2 Å². The number of amides is 1. The number of ether oxygens (including phenoxy) is 4. The van der Waals surface area contributed by atoms with Gasteiger partial charge in [0.1, 0.15) is 13.4 Å². The number of nitrogens with one attached hydrogen (secondary N) is 1. The first-order chi connectivity index (χ1) is 7.31. The molecule has 0 fully saturated rings. The fraction of sp³-hybridized carbons (Fsp3) is 0.889. The van der Waals surface area contributed by atoms with Gasteiger partial charge in [0.2, 0.25) is 5.91 Å². The molecule has 0 aliphatic carbocycles. The molecule has 0 rings (SSSR count). The molecule has 1 amide bonds. The van der Waals surface area contributed by atoms with E-state index in [9.17, 15) is 4.79 Å². The fourth-order valence-electron chi connectivity index (χ4n) is 0.687. The molecule has 0 radical (unpaired) electrons. The Bertz CT molecular complexity index is 153. The van der Waals surface area contributed by atoms with Crippen molar-refractivity contribution >= 4 is 5.91 Å². The molecule has 0 heterocycles. The van der Waals surface area contributed by atoms with E-state index in [0.29, 0.717) is 26.4 Å². The van der Waals surface area contributed by atoms with Crippen molar-refractivity contribution in [2.24, 2.45) is 0 Å². The summed E-state index contributed by atoms with van der Waals surface area (Å²) >= 11 is 0. The van der Waals surface area contributed by atoms with E-state index in [1.807, 2.05) is 0 Å². The van der Waals surface area contributed by atoms with Crippen LogP contribution in [-0.2, 0) is 23.7 Å². The molecular weight excluding hydrogens is 202 g/mol. The molecule has 15 heavy (non-hydrogen) atoms. The van der Waals surface area contributed by atoms with Crippen LogP contribution >= 0.6 is 0 Å². The summed E-state index contributed by atoms with van der Waals surface area (Å²) in [7, 11) is 3.17. The summed E-state index contributed by atoms with van der Waals surface area (Å²) < 4.78 is 19.9. The van der Waals surface area contributed by atoms with Gasteiger partial charge in [-0.2, -0.15) is 0 Å². The quantitative estimate of drug-likeness (QED) is 0.393. The average molecular weight is 221 g/mol. The molecule has 0 aromatic carbocycles. The van der Waals surface area contributed by atoms with E-state index >= 15 is 0 Å². The summed E-state index contributed by atoms with van der Waals surface area (Å²) in [6, 6.07) is 0. The third-order valence-corrected chi connectivity index (χ3v) is 1.48. The SMILES string of the molecule is CNC(=O)COCOCCOCCOC. The highest BCUT2D eigenvalue weighted by molar-refractivity contribution is 5.76. The first-order valence-corrected chi connectivity index (χ1v) is 4.74. The van der Waals surface area contributed by atoms with Gasteiger partial charge in [0, 0.05) is 14.2 Å². The van der Waals surface area contributed by atoms with Crippen molar-refractivity contribution in [2.75, 3.05) is 54.0 Å². The van der Waals surface area contributed by atoms with Crippen molar-refractivity contribution in [2.45, 2.75) is 0 Å². The minimum atomic E-state index is -0.171. The number of hydrogen-bond donors (Lipinski definition) is 1. The second-order valence-electron chi connectivity index (χ2n) is 2.65. The van der Waals surface area contributed by atoms with E-state index < -0.39 is 0 Å². The largest absolute Gasteiger partial charge is 0.382 e. The summed E-state index contributed by atoms with van der Waals surface area (Å²) in [6.07, 6.45) is 0. The second-order valence-corrected chi connectivity index (χ2v) is 2.65. The van der Waals surface area contributed by atoms with Gasteiger partial charge in [-0.3, -0.25) is 4.79 Å². The fourth-order valence-corrected chi connectivity index (χ4v) is 0.687. The Morgan fingerprint density at radius 3 is 2.40 bits per heavy atom. The van der Waals surface area contributed by atoms with Crippen LogP contribution in [0.3, 0.4) is 0 Å². The van der Waals surface area contributed by atoms with Gasteiger partial charge in [-0.15, -0.1) is 0 Å². The van der Waals surface area contributed by atoms with Gasteiger partial charge in [0.15, 0.2) is 0 Å². The monoisotopic (exact) mass is 221 g/mol. The van der Waals surface area contributed by atoms with Crippen LogP contribution in [0.4, 0.5) is 0 Å². The lowest BCUT2D eigenvalue weighted by molar-refractivity contribution is -0.132. The molecule has 0 bridgehead atoms. The summed E-state index contributed by atoms with van der Waals surface area (Å²) in [5, 5.41) is 2.43. The van der Waals surface area contributed by atoms with E-state index in [-0.39, 0.29) is 19.3 Å². The number of methoxy groups -OCH3 is 1. The number of likely N-dealkylation sites (N-methyl/N-ethyl adjacent to an activating group) is 1. The van der Waals surface area contributed by atoms with E-state index in [2.05, 4.69) is 5.32 Å². The molecule has 0 aliphatic heterocycles. The van der Waals surface area contributed by atoms with E-state index in [1.165, 1.54) is 0 Å². The molecule has 0 atom stereocenters. The van der Waals surface area contributed by atoms with Crippen LogP contribution in [0.2, 0.25) is 0 Å². The molecular formula is C9H19NO5. The Kier molecular flexibility index (Phi) is 10.9. The standard InChI is InChI=1S/C9H19NO5/c1-10-9(11)7-15-8-14-6-5-13-4-3-12-2/h3-8H2,1-2H3,(H,10,11).